The number of ether oxygens (including phenoxy) is 2. The summed E-state index contributed by atoms with van der Waals surface area (Å²) in [6.45, 7) is 6.98. The second kappa shape index (κ2) is 15.6. The number of hydrogen-bond acceptors (Lipinski definition) is 8. The first kappa shape index (κ1) is 32.2. The van der Waals surface area contributed by atoms with Crippen LogP contribution in [0, 0.1) is 11.8 Å². The number of aromatic nitrogens is 2. The Balaban J connectivity index is 0.00000114. The van der Waals surface area contributed by atoms with E-state index in [0.29, 0.717) is 31.3 Å². The van der Waals surface area contributed by atoms with Gasteiger partial charge in [0.25, 0.3) is 5.97 Å². The number of benzene rings is 2. The molecule has 0 spiro atoms. The Morgan fingerprint density at radius 2 is 1.55 bits per heavy atom. The molecule has 10 nitrogen and oxygen atoms in total. The number of carboxylic acids is 1. The third-order valence-electron chi connectivity index (χ3n) is 6.75. The van der Waals surface area contributed by atoms with Crippen LogP contribution >= 0.6 is 0 Å². The third-order valence-corrected chi connectivity index (χ3v) is 6.75. The zero-order valence-corrected chi connectivity index (χ0v) is 24.7. The summed E-state index contributed by atoms with van der Waals surface area (Å²) in [5.41, 5.74) is 9.94. The summed E-state index contributed by atoms with van der Waals surface area (Å²) in [7, 11) is 1.35. The standard InChI is InChI=1S/C30H36N4O4.C2H4O2/c1-20(2)5-4-14-38-26-12-10-22(11-13-26)24-16-32-28(33-17-24)23-8-6-21(7-9-23)15-27(31)29(35)34-18-25(19-34)30(36)37-3;1-2(3)4/h6-13,16-17,20,25,27H,4-5,14-15,18-19,31H2,1-3H3;1H3,(H,3,4). The Hall–Kier alpha value is -4.31. The third kappa shape index (κ3) is 9.66. The molecule has 42 heavy (non-hydrogen) atoms. The fraction of sp³-hybridized carbons (Fsp3) is 0.406. The van der Waals surface area contributed by atoms with Gasteiger partial charge in [0.15, 0.2) is 5.82 Å². The maximum Gasteiger partial charge on any atom is 0.312 e. The monoisotopic (exact) mass is 576 g/mol. The molecule has 0 aliphatic carbocycles. The first-order chi connectivity index (χ1) is 20.1. The molecule has 0 radical (unpaired) electrons. The predicted molar refractivity (Wildman–Crippen MR) is 160 cm³/mol. The van der Waals surface area contributed by atoms with Crippen LogP contribution in [-0.4, -0.2) is 70.7 Å². The van der Waals surface area contributed by atoms with E-state index in [1.54, 1.807) is 4.90 Å². The largest absolute Gasteiger partial charge is 0.494 e. The van der Waals surface area contributed by atoms with Crippen LogP contribution in [-0.2, 0) is 25.5 Å². The fourth-order valence-electron chi connectivity index (χ4n) is 4.39. The van der Waals surface area contributed by atoms with Crippen molar-refractivity contribution < 1.29 is 29.0 Å². The van der Waals surface area contributed by atoms with Crippen molar-refractivity contribution in [3.8, 4) is 28.3 Å². The normalized spacial score (nSPS) is 13.4. The molecule has 1 atom stereocenters. The van der Waals surface area contributed by atoms with Gasteiger partial charge in [-0.25, -0.2) is 9.97 Å². The Kier molecular flexibility index (Phi) is 12.0. The molecule has 4 rings (SSSR count). The topological polar surface area (TPSA) is 145 Å². The average molecular weight is 577 g/mol. The first-order valence-corrected chi connectivity index (χ1v) is 14.0. The quantitative estimate of drug-likeness (QED) is 0.253. The van der Waals surface area contributed by atoms with Crippen LogP contribution in [0.2, 0.25) is 0 Å². The van der Waals surface area contributed by atoms with Gasteiger partial charge in [-0.1, -0.05) is 50.2 Å². The van der Waals surface area contributed by atoms with Crippen LogP contribution in [0.4, 0.5) is 0 Å². The summed E-state index contributed by atoms with van der Waals surface area (Å²) in [6.07, 6.45) is 6.26. The summed E-state index contributed by atoms with van der Waals surface area (Å²) in [5.74, 6) is 0.658. The van der Waals surface area contributed by atoms with Crippen LogP contribution < -0.4 is 10.5 Å². The Morgan fingerprint density at radius 3 is 2.10 bits per heavy atom. The molecular weight excluding hydrogens is 536 g/mol. The van der Waals surface area contributed by atoms with Gasteiger partial charge in [0, 0.05) is 43.5 Å². The highest BCUT2D eigenvalue weighted by Gasteiger charge is 2.38. The van der Waals surface area contributed by atoms with Gasteiger partial charge >= 0.3 is 5.97 Å². The van der Waals surface area contributed by atoms with Crippen molar-refractivity contribution in [1.29, 1.82) is 0 Å². The minimum atomic E-state index is -0.833. The summed E-state index contributed by atoms with van der Waals surface area (Å²) >= 11 is 0. The van der Waals surface area contributed by atoms with Crippen LogP contribution in [0.5, 0.6) is 5.75 Å². The first-order valence-electron chi connectivity index (χ1n) is 14.0. The van der Waals surface area contributed by atoms with E-state index in [9.17, 15) is 9.59 Å². The van der Waals surface area contributed by atoms with Crippen LogP contribution in [0.15, 0.2) is 60.9 Å². The molecule has 224 valence electrons. The number of likely N-dealkylation sites (tertiary alicyclic amines) is 1. The number of carbonyl (C=O) groups excluding carboxylic acids is 2. The van der Waals surface area contributed by atoms with Gasteiger partial charge in [0.1, 0.15) is 5.75 Å². The highest BCUT2D eigenvalue weighted by atomic mass is 16.5. The van der Waals surface area contributed by atoms with Crippen molar-refractivity contribution in [2.75, 3.05) is 26.8 Å². The van der Waals surface area contributed by atoms with Gasteiger partial charge in [-0.15, -0.1) is 0 Å². The average Bonchev–Trinajstić information content (AvgIpc) is 2.95. The summed E-state index contributed by atoms with van der Waals surface area (Å²) in [4.78, 5) is 43.8. The molecule has 2 aromatic carbocycles. The van der Waals surface area contributed by atoms with E-state index in [0.717, 1.165) is 54.4 Å². The maximum atomic E-state index is 12.5. The van der Waals surface area contributed by atoms with Crippen molar-refractivity contribution in [2.45, 2.75) is 46.1 Å². The molecule has 1 amide bonds. The molecule has 0 saturated carbocycles. The molecule has 3 N–H and O–H groups in total. The molecule has 10 heteroatoms. The minimum absolute atomic E-state index is 0.154. The number of aliphatic carboxylic acids is 1. The van der Waals surface area contributed by atoms with Crippen molar-refractivity contribution in [1.82, 2.24) is 14.9 Å². The number of rotatable bonds is 11. The van der Waals surface area contributed by atoms with Crippen molar-refractivity contribution in [2.24, 2.45) is 17.6 Å². The van der Waals surface area contributed by atoms with Gasteiger partial charge in [-0.3, -0.25) is 14.4 Å². The molecular formula is C32H40N4O6. The molecule has 1 aromatic heterocycles. The number of esters is 1. The van der Waals surface area contributed by atoms with Crippen LogP contribution in [0.3, 0.4) is 0 Å². The second-order valence-corrected chi connectivity index (χ2v) is 10.7. The second-order valence-electron chi connectivity index (χ2n) is 10.7. The lowest BCUT2D eigenvalue weighted by Gasteiger charge is -2.38. The van der Waals surface area contributed by atoms with Crippen molar-refractivity contribution in [3.63, 3.8) is 0 Å². The molecule has 2 heterocycles. The van der Waals surface area contributed by atoms with E-state index in [1.807, 2.05) is 60.9 Å². The highest BCUT2D eigenvalue weighted by molar-refractivity contribution is 5.85. The Labute approximate surface area is 246 Å². The molecule has 1 aliphatic rings. The van der Waals surface area contributed by atoms with Crippen LogP contribution in [0.25, 0.3) is 22.5 Å². The smallest absolute Gasteiger partial charge is 0.312 e. The lowest BCUT2D eigenvalue weighted by atomic mass is 9.97. The summed E-state index contributed by atoms with van der Waals surface area (Å²) < 4.78 is 10.5. The number of methoxy groups -OCH3 is 1. The van der Waals surface area contributed by atoms with Crippen LogP contribution in [0.1, 0.15) is 39.2 Å². The fourth-order valence-corrected chi connectivity index (χ4v) is 4.39. The van der Waals surface area contributed by atoms with E-state index in [-0.39, 0.29) is 17.8 Å². The lowest BCUT2D eigenvalue weighted by molar-refractivity contribution is -0.156. The zero-order valence-electron chi connectivity index (χ0n) is 24.7. The molecule has 1 unspecified atom stereocenters. The number of nitrogens with zero attached hydrogens (tertiary/aromatic N) is 3. The Morgan fingerprint density at radius 1 is 0.976 bits per heavy atom. The summed E-state index contributed by atoms with van der Waals surface area (Å²) in [5, 5.41) is 7.42. The zero-order chi connectivity index (χ0) is 30.6. The van der Waals surface area contributed by atoms with E-state index in [1.165, 1.54) is 7.11 Å². The lowest BCUT2D eigenvalue weighted by Crippen LogP contribution is -2.57. The Bertz CT molecular complexity index is 1300. The van der Waals surface area contributed by atoms with E-state index >= 15 is 0 Å². The molecule has 3 aromatic rings. The number of carbonyl (C=O) groups is 3. The highest BCUT2D eigenvalue weighted by Crippen LogP contribution is 2.24. The van der Waals surface area contributed by atoms with Gasteiger partial charge in [0.2, 0.25) is 5.91 Å². The molecule has 1 aliphatic heterocycles. The number of nitrogens with two attached hydrogens (primary N) is 1. The molecule has 1 saturated heterocycles. The minimum Gasteiger partial charge on any atom is -0.494 e. The van der Waals surface area contributed by atoms with E-state index in [2.05, 4.69) is 23.8 Å². The van der Waals surface area contributed by atoms with Gasteiger partial charge < -0.3 is 25.2 Å². The maximum absolute atomic E-state index is 12.5. The SMILES string of the molecule is CC(=O)O.COC(=O)C1CN(C(=O)C(N)Cc2ccc(-c3ncc(-c4ccc(OCCCC(C)C)cc4)cn3)cc2)C1. The molecule has 0 bridgehead atoms. The molecule has 1 fully saturated rings. The van der Waals surface area contributed by atoms with Gasteiger partial charge in [-0.05, 0) is 48.4 Å². The number of amides is 1. The predicted octanol–water partition coefficient (Wildman–Crippen LogP) is 4.22. The van der Waals surface area contributed by atoms with E-state index in [4.69, 9.17) is 25.1 Å². The summed E-state index contributed by atoms with van der Waals surface area (Å²) in [6, 6.07) is 15.1. The van der Waals surface area contributed by atoms with Gasteiger partial charge in [-0.2, -0.15) is 0 Å². The number of carboxylic acid groups (broad SMARTS) is 1. The number of hydrogen-bond donors (Lipinski definition) is 2. The van der Waals surface area contributed by atoms with Crippen molar-refractivity contribution in [3.05, 3.63) is 66.5 Å². The van der Waals surface area contributed by atoms with Crippen molar-refractivity contribution >= 4 is 17.8 Å². The van der Waals surface area contributed by atoms with Gasteiger partial charge in [0.05, 0.1) is 25.7 Å². The van der Waals surface area contributed by atoms with E-state index < -0.39 is 12.0 Å².